The summed E-state index contributed by atoms with van der Waals surface area (Å²) in [6, 6.07) is 5.99. The molecule has 1 saturated heterocycles. The van der Waals surface area contributed by atoms with E-state index in [1.54, 1.807) is 11.8 Å². The van der Waals surface area contributed by atoms with Crippen molar-refractivity contribution >= 4 is 23.5 Å². The number of rotatable bonds is 5. The molecular formula is C21H28N2O4. The van der Waals surface area contributed by atoms with Crippen molar-refractivity contribution in [2.24, 2.45) is 5.92 Å². The first-order valence-electron chi connectivity index (χ1n) is 9.74. The summed E-state index contributed by atoms with van der Waals surface area (Å²) in [6.45, 7) is 5.84. The molecular weight excluding hydrogens is 344 g/mol. The van der Waals surface area contributed by atoms with Crippen LogP contribution in [0.3, 0.4) is 0 Å². The van der Waals surface area contributed by atoms with Gasteiger partial charge in [-0.25, -0.2) is 0 Å². The number of hydrogen-bond acceptors (Lipinski definition) is 4. The van der Waals surface area contributed by atoms with E-state index in [2.05, 4.69) is 5.32 Å². The van der Waals surface area contributed by atoms with Crippen LogP contribution >= 0.6 is 0 Å². The van der Waals surface area contributed by atoms with E-state index in [1.807, 2.05) is 32.0 Å². The average Bonchev–Trinajstić information content (AvgIpc) is 3.27. The molecule has 146 valence electrons. The third kappa shape index (κ3) is 4.31. The molecule has 2 fully saturated rings. The molecule has 1 heterocycles. The summed E-state index contributed by atoms with van der Waals surface area (Å²) in [6.07, 6.45) is 3.48. The van der Waals surface area contributed by atoms with Crippen molar-refractivity contribution in [1.82, 2.24) is 5.32 Å². The summed E-state index contributed by atoms with van der Waals surface area (Å²) >= 11 is 0. The van der Waals surface area contributed by atoms with Crippen molar-refractivity contribution < 1.29 is 19.1 Å². The molecule has 1 aromatic rings. The Kier molecular flexibility index (Phi) is 5.82. The summed E-state index contributed by atoms with van der Waals surface area (Å²) in [5.74, 6) is -1.37. The molecule has 2 amide bonds. The molecule has 0 bridgehead atoms. The van der Waals surface area contributed by atoms with Crippen molar-refractivity contribution in [3.8, 4) is 0 Å². The monoisotopic (exact) mass is 372 g/mol. The fraction of sp³-hybridized carbons (Fsp3) is 0.571. The smallest absolute Gasteiger partial charge is 0.312 e. The highest BCUT2D eigenvalue weighted by Gasteiger charge is 2.38. The number of carbonyl (C=O) groups is 3. The van der Waals surface area contributed by atoms with Gasteiger partial charge in [0.05, 0.1) is 5.92 Å². The van der Waals surface area contributed by atoms with Crippen LogP contribution in [0.4, 0.5) is 5.69 Å². The first-order valence-corrected chi connectivity index (χ1v) is 9.74. The third-order valence-corrected chi connectivity index (χ3v) is 5.69. The Morgan fingerprint density at radius 3 is 2.63 bits per heavy atom. The van der Waals surface area contributed by atoms with Crippen molar-refractivity contribution in [2.45, 2.75) is 65.0 Å². The predicted molar refractivity (Wildman–Crippen MR) is 102 cm³/mol. The number of carbonyl (C=O) groups excluding carboxylic acids is 3. The van der Waals surface area contributed by atoms with E-state index in [0.717, 1.165) is 42.5 Å². The van der Waals surface area contributed by atoms with Crippen molar-refractivity contribution in [3.63, 3.8) is 0 Å². The third-order valence-electron chi connectivity index (χ3n) is 5.69. The van der Waals surface area contributed by atoms with Crippen LogP contribution in [-0.4, -0.2) is 36.5 Å². The van der Waals surface area contributed by atoms with E-state index in [0.29, 0.717) is 6.54 Å². The van der Waals surface area contributed by atoms with E-state index in [-0.39, 0.29) is 24.3 Å². The number of hydrogen-bond donors (Lipinski definition) is 1. The molecule has 0 aromatic heterocycles. The largest absolute Gasteiger partial charge is 0.452 e. The summed E-state index contributed by atoms with van der Waals surface area (Å²) < 4.78 is 5.36. The van der Waals surface area contributed by atoms with Gasteiger partial charge in [-0.2, -0.15) is 0 Å². The molecule has 0 spiro atoms. The lowest BCUT2D eigenvalue weighted by molar-refractivity contribution is -0.158. The Bertz CT molecular complexity index is 740. The lowest BCUT2D eigenvalue weighted by Gasteiger charge is -2.21. The SMILES string of the molecule is Cc1cccc(N2C[C@@H](C(=O)O[C@H](C)C(=O)NC3CCCC3)CC2=O)c1C. The Hall–Kier alpha value is -2.37. The van der Waals surface area contributed by atoms with Crippen molar-refractivity contribution in [2.75, 3.05) is 11.4 Å². The minimum absolute atomic E-state index is 0.0892. The average molecular weight is 372 g/mol. The van der Waals surface area contributed by atoms with E-state index in [9.17, 15) is 14.4 Å². The highest BCUT2D eigenvalue weighted by molar-refractivity contribution is 6.00. The quantitative estimate of drug-likeness (QED) is 0.806. The maximum atomic E-state index is 12.5. The molecule has 6 heteroatoms. The number of esters is 1. The van der Waals surface area contributed by atoms with Crippen LogP contribution in [0.15, 0.2) is 18.2 Å². The van der Waals surface area contributed by atoms with Gasteiger partial charge in [0.15, 0.2) is 6.10 Å². The van der Waals surface area contributed by atoms with Gasteiger partial charge in [-0.3, -0.25) is 14.4 Å². The van der Waals surface area contributed by atoms with Gasteiger partial charge in [0, 0.05) is 24.7 Å². The maximum Gasteiger partial charge on any atom is 0.312 e. The van der Waals surface area contributed by atoms with Crippen LogP contribution in [0.5, 0.6) is 0 Å². The van der Waals surface area contributed by atoms with Gasteiger partial charge in [-0.15, -0.1) is 0 Å². The number of nitrogens with one attached hydrogen (secondary N) is 1. The molecule has 2 atom stereocenters. The number of aryl methyl sites for hydroxylation is 1. The second kappa shape index (κ2) is 8.11. The molecule has 1 aliphatic heterocycles. The van der Waals surface area contributed by atoms with E-state index < -0.39 is 18.0 Å². The number of nitrogens with zero attached hydrogens (tertiary/aromatic N) is 1. The van der Waals surface area contributed by atoms with Gasteiger partial charge in [-0.1, -0.05) is 25.0 Å². The first kappa shape index (κ1) is 19.4. The van der Waals surface area contributed by atoms with Gasteiger partial charge in [-0.05, 0) is 50.8 Å². The van der Waals surface area contributed by atoms with Gasteiger partial charge >= 0.3 is 5.97 Å². The van der Waals surface area contributed by atoms with Gasteiger partial charge in [0.2, 0.25) is 5.91 Å². The van der Waals surface area contributed by atoms with Crippen molar-refractivity contribution in [1.29, 1.82) is 0 Å². The zero-order chi connectivity index (χ0) is 19.6. The summed E-state index contributed by atoms with van der Waals surface area (Å²) in [5, 5.41) is 2.94. The second-order valence-electron chi connectivity index (χ2n) is 7.69. The van der Waals surface area contributed by atoms with Crippen molar-refractivity contribution in [3.05, 3.63) is 29.3 Å². The second-order valence-corrected chi connectivity index (χ2v) is 7.69. The van der Waals surface area contributed by atoms with Crippen LogP contribution in [0.1, 0.15) is 50.2 Å². The minimum Gasteiger partial charge on any atom is -0.452 e. The minimum atomic E-state index is -0.844. The highest BCUT2D eigenvalue weighted by Crippen LogP contribution is 2.30. The summed E-state index contributed by atoms with van der Waals surface area (Å²) in [7, 11) is 0. The molecule has 1 aliphatic carbocycles. The molecule has 1 aromatic carbocycles. The van der Waals surface area contributed by atoms with E-state index >= 15 is 0 Å². The normalized spacial score (nSPS) is 21.4. The fourth-order valence-electron chi connectivity index (χ4n) is 3.84. The van der Waals surface area contributed by atoms with Gasteiger partial charge in [0.25, 0.3) is 5.91 Å². The summed E-state index contributed by atoms with van der Waals surface area (Å²) in [5.41, 5.74) is 2.97. The molecule has 27 heavy (non-hydrogen) atoms. The molecule has 0 radical (unpaired) electrons. The first-order chi connectivity index (χ1) is 12.9. The van der Waals surface area contributed by atoms with E-state index in [4.69, 9.17) is 4.74 Å². The van der Waals surface area contributed by atoms with Crippen LogP contribution < -0.4 is 10.2 Å². The Balaban J connectivity index is 1.58. The number of amides is 2. The molecule has 6 nitrogen and oxygen atoms in total. The number of anilines is 1. The molecule has 1 saturated carbocycles. The lowest BCUT2D eigenvalue weighted by atomic mass is 10.1. The molecule has 2 aliphatic rings. The molecule has 0 unspecified atom stereocenters. The maximum absolute atomic E-state index is 12.5. The lowest BCUT2D eigenvalue weighted by Crippen LogP contribution is -2.41. The predicted octanol–water partition coefficient (Wildman–Crippen LogP) is 2.65. The van der Waals surface area contributed by atoms with Gasteiger partial charge in [0.1, 0.15) is 0 Å². The topological polar surface area (TPSA) is 75.7 Å². The Labute approximate surface area is 160 Å². The summed E-state index contributed by atoms with van der Waals surface area (Å²) in [4.78, 5) is 38.8. The van der Waals surface area contributed by atoms with E-state index in [1.165, 1.54) is 0 Å². The Morgan fingerprint density at radius 2 is 1.93 bits per heavy atom. The zero-order valence-electron chi connectivity index (χ0n) is 16.3. The van der Waals surface area contributed by atoms with Crippen LogP contribution in [0.2, 0.25) is 0 Å². The Morgan fingerprint density at radius 1 is 1.22 bits per heavy atom. The number of ether oxygens (including phenoxy) is 1. The molecule has 1 N–H and O–H groups in total. The number of benzene rings is 1. The standard InChI is InChI=1S/C21H28N2O4/c1-13-7-6-10-18(14(13)2)23-12-16(11-19(23)24)21(26)27-15(3)20(25)22-17-8-4-5-9-17/h6-7,10,15-17H,4-5,8-9,11-12H2,1-3H3,(H,22,25)/t15-,16+/m1/s1. The van der Waals surface area contributed by atoms with Crippen LogP contribution in [0, 0.1) is 19.8 Å². The van der Waals surface area contributed by atoms with Gasteiger partial charge < -0.3 is 15.0 Å². The van der Waals surface area contributed by atoms with Crippen LogP contribution in [-0.2, 0) is 19.1 Å². The molecule has 3 rings (SSSR count). The zero-order valence-corrected chi connectivity index (χ0v) is 16.3. The fourth-order valence-corrected chi connectivity index (χ4v) is 3.84. The highest BCUT2D eigenvalue weighted by atomic mass is 16.5. The van der Waals surface area contributed by atoms with Crippen LogP contribution in [0.25, 0.3) is 0 Å².